The van der Waals surface area contributed by atoms with Crippen molar-refractivity contribution in [1.82, 2.24) is 14.4 Å². The van der Waals surface area contributed by atoms with Crippen LogP contribution in [-0.4, -0.2) is 52.5 Å². The summed E-state index contributed by atoms with van der Waals surface area (Å²) in [4.78, 5) is 30.4. The van der Waals surface area contributed by atoms with Crippen molar-refractivity contribution in [2.45, 2.75) is 53.2 Å². The zero-order valence-corrected chi connectivity index (χ0v) is 23.7. The number of benzene rings is 2. The Hall–Kier alpha value is -3.45. The van der Waals surface area contributed by atoms with E-state index in [4.69, 9.17) is 16.3 Å². The largest absolute Gasteiger partial charge is 0.497 e. The van der Waals surface area contributed by atoms with Crippen LogP contribution in [0, 0.1) is 5.92 Å². The number of rotatable bonds is 12. The molecule has 0 aliphatic heterocycles. The molecule has 38 heavy (non-hydrogen) atoms. The molecule has 1 unspecified atom stereocenters. The highest BCUT2D eigenvalue weighted by Crippen LogP contribution is 2.20. The average molecular weight is 539 g/mol. The summed E-state index contributed by atoms with van der Waals surface area (Å²) in [5, 5.41) is 3.64. The van der Waals surface area contributed by atoms with Crippen molar-refractivity contribution in [3.05, 3.63) is 83.1 Å². The minimum atomic E-state index is -0.301. The van der Waals surface area contributed by atoms with E-state index in [1.165, 1.54) is 0 Å². The van der Waals surface area contributed by atoms with E-state index in [1.807, 2.05) is 61.3 Å². The SMILES string of the molecule is CCC(C)N(CC(=O)N(Cc1cccn1Cc1ccccc1Cl)CC(C)C)C(=O)Nc1ccc(OC)cc1. The predicted octanol–water partition coefficient (Wildman–Crippen LogP) is 6.52. The van der Waals surface area contributed by atoms with Crippen LogP contribution in [0.2, 0.25) is 5.02 Å². The highest BCUT2D eigenvalue weighted by atomic mass is 35.5. The van der Waals surface area contributed by atoms with Crippen LogP contribution in [0.3, 0.4) is 0 Å². The predicted molar refractivity (Wildman–Crippen MR) is 154 cm³/mol. The van der Waals surface area contributed by atoms with Gasteiger partial charge >= 0.3 is 6.03 Å². The minimum absolute atomic E-state index is 0.00502. The Morgan fingerprint density at radius 3 is 2.37 bits per heavy atom. The Labute approximate surface area is 231 Å². The highest BCUT2D eigenvalue weighted by Gasteiger charge is 2.26. The smallest absolute Gasteiger partial charge is 0.322 e. The Kier molecular flexibility index (Phi) is 10.7. The van der Waals surface area contributed by atoms with Crippen molar-refractivity contribution in [2.75, 3.05) is 25.5 Å². The van der Waals surface area contributed by atoms with Gasteiger partial charge in [-0.25, -0.2) is 4.79 Å². The van der Waals surface area contributed by atoms with E-state index >= 15 is 0 Å². The van der Waals surface area contributed by atoms with Crippen LogP contribution in [-0.2, 0) is 17.9 Å². The molecule has 7 nitrogen and oxygen atoms in total. The number of carbonyl (C=O) groups is 2. The Bertz CT molecular complexity index is 1190. The molecule has 0 bridgehead atoms. The molecule has 0 radical (unpaired) electrons. The molecule has 1 heterocycles. The monoisotopic (exact) mass is 538 g/mol. The van der Waals surface area contributed by atoms with Crippen molar-refractivity contribution >= 4 is 29.2 Å². The number of amides is 3. The number of urea groups is 1. The second-order valence-electron chi connectivity index (χ2n) is 9.93. The maximum Gasteiger partial charge on any atom is 0.322 e. The Morgan fingerprint density at radius 2 is 1.74 bits per heavy atom. The molecule has 2 aromatic carbocycles. The van der Waals surface area contributed by atoms with Gasteiger partial charge < -0.3 is 24.4 Å². The first-order chi connectivity index (χ1) is 18.2. The summed E-state index contributed by atoms with van der Waals surface area (Å²) in [5.74, 6) is 0.894. The van der Waals surface area contributed by atoms with Gasteiger partial charge in [-0.2, -0.15) is 0 Å². The number of hydrogen-bond donors (Lipinski definition) is 1. The third-order valence-electron chi connectivity index (χ3n) is 6.54. The van der Waals surface area contributed by atoms with Crippen molar-refractivity contribution in [1.29, 1.82) is 0 Å². The lowest BCUT2D eigenvalue weighted by Crippen LogP contribution is -2.48. The van der Waals surface area contributed by atoms with E-state index in [0.29, 0.717) is 36.1 Å². The fraction of sp³-hybridized carbons (Fsp3) is 0.400. The molecule has 204 valence electrons. The summed E-state index contributed by atoms with van der Waals surface area (Å²) >= 11 is 6.39. The topological polar surface area (TPSA) is 66.8 Å². The summed E-state index contributed by atoms with van der Waals surface area (Å²) in [5.41, 5.74) is 2.68. The third kappa shape index (κ3) is 8.02. The molecule has 0 saturated heterocycles. The Balaban J connectivity index is 1.76. The highest BCUT2D eigenvalue weighted by molar-refractivity contribution is 6.31. The average Bonchev–Trinajstić information content (AvgIpc) is 3.34. The van der Waals surface area contributed by atoms with Crippen LogP contribution < -0.4 is 10.1 Å². The van der Waals surface area contributed by atoms with E-state index in [9.17, 15) is 9.59 Å². The molecule has 1 N–H and O–H groups in total. The number of ether oxygens (including phenoxy) is 1. The normalized spacial score (nSPS) is 11.8. The summed E-state index contributed by atoms with van der Waals surface area (Å²) in [6, 6.07) is 18.5. The molecular weight excluding hydrogens is 500 g/mol. The molecule has 3 rings (SSSR count). The van der Waals surface area contributed by atoms with E-state index in [1.54, 1.807) is 36.3 Å². The van der Waals surface area contributed by atoms with Crippen molar-refractivity contribution in [3.63, 3.8) is 0 Å². The van der Waals surface area contributed by atoms with E-state index in [0.717, 1.165) is 17.7 Å². The molecular formula is C30H39ClN4O3. The molecule has 0 aliphatic carbocycles. The van der Waals surface area contributed by atoms with Crippen molar-refractivity contribution in [2.24, 2.45) is 5.92 Å². The van der Waals surface area contributed by atoms with Crippen molar-refractivity contribution < 1.29 is 14.3 Å². The summed E-state index contributed by atoms with van der Waals surface area (Å²) in [7, 11) is 1.60. The number of aromatic nitrogens is 1. The van der Waals surface area contributed by atoms with Crippen LogP contribution in [0.1, 0.15) is 45.4 Å². The zero-order chi connectivity index (χ0) is 27.7. The lowest BCUT2D eigenvalue weighted by molar-refractivity contribution is -0.133. The van der Waals surface area contributed by atoms with Crippen LogP contribution in [0.4, 0.5) is 10.5 Å². The lowest BCUT2D eigenvalue weighted by atomic mass is 10.2. The van der Waals surface area contributed by atoms with Gasteiger partial charge in [0.1, 0.15) is 12.3 Å². The van der Waals surface area contributed by atoms with Gasteiger partial charge in [0.25, 0.3) is 0 Å². The number of halogens is 1. The first-order valence-corrected chi connectivity index (χ1v) is 13.5. The maximum atomic E-state index is 13.7. The standard InChI is InChI=1S/C30H39ClN4O3/c1-6-23(4)35(30(37)32-25-13-15-27(38-5)16-14-25)21-29(36)34(18-22(2)3)20-26-11-9-17-33(26)19-24-10-7-8-12-28(24)31/h7-17,22-23H,6,18-21H2,1-5H3,(H,32,37). The number of anilines is 1. The second kappa shape index (κ2) is 13.9. The Morgan fingerprint density at radius 1 is 1.03 bits per heavy atom. The second-order valence-corrected chi connectivity index (χ2v) is 10.3. The van der Waals surface area contributed by atoms with Crippen LogP contribution in [0.25, 0.3) is 0 Å². The minimum Gasteiger partial charge on any atom is -0.497 e. The maximum absolute atomic E-state index is 13.7. The molecule has 8 heteroatoms. The van der Waals surface area contributed by atoms with Gasteiger partial charge in [0, 0.05) is 41.7 Å². The number of methoxy groups -OCH3 is 1. The van der Waals surface area contributed by atoms with Gasteiger partial charge in [-0.1, -0.05) is 50.6 Å². The van der Waals surface area contributed by atoms with Gasteiger partial charge in [-0.15, -0.1) is 0 Å². The molecule has 1 aromatic heterocycles. The quantitative estimate of drug-likeness (QED) is 0.285. The van der Waals surface area contributed by atoms with Gasteiger partial charge in [-0.05, 0) is 67.3 Å². The fourth-order valence-electron chi connectivity index (χ4n) is 4.21. The van der Waals surface area contributed by atoms with Crippen molar-refractivity contribution in [3.8, 4) is 5.75 Å². The molecule has 3 aromatic rings. The summed E-state index contributed by atoms with van der Waals surface area (Å²) in [6.07, 6.45) is 2.73. The third-order valence-corrected chi connectivity index (χ3v) is 6.91. The van der Waals surface area contributed by atoms with Crippen LogP contribution in [0.15, 0.2) is 66.9 Å². The molecule has 0 spiro atoms. The first-order valence-electron chi connectivity index (χ1n) is 13.1. The number of hydrogen-bond acceptors (Lipinski definition) is 3. The molecule has 0 fully saturated rings. The first kappa shape index (κ1) is 29.1. The number of carbonyl (C=O) groups excluding carboxylic acids is 2. The van der Waals surface area contributed by atoms with E-state index in [2.05, 4.69) is 23.7 Å². The van der Waals surface area contributed by atoms with Gasteiger partial charge in [0.15, 0.2) is 0 Å². The lowest BCUT2D eigenvalue weighted by Gasteiger charge is -2.32. The van der Waals surface area contributed by atoms with Crippen LogP contribution in [0.5, 0.6) is 5.75 Å². The molecule has 3 amide bonds. The number of nitrogens with zero attached hydrogens (tertiary/aromatic N) is 3. The fourth-order valence-corrected chi connectivity index (χ4v) is 4.41. The van der Waals surface area contributed by atoms with Gasteiger partial charge in [0.05, 0.1) is 13.7 Å². The molecule has 0 aliphatic rings. The zero-order valence-electron chi connectivity index (χ0n) is 23.0. The van der Waals surface area contributed by atoms with Gasteiger partial charge in [0.2, 0.25) is 5.91 Å². The molecule has 1 atom stereocenters. The summed E-state index contributed by atoms with van der Waals surface area (Å²) in [6.45, 7) is 9.80. The number of nitrogens with one attached hydrogen (secondary N) is 1. The van der Waals surface area contributed by atoms with E-state index in [-0.39, 0.29) is 30.4 Å². The molecule has 0 saturated carbocycles. The van der Waals surface area contributed by atoms with E-state index < -0.39 is 0 Å². The van der Waals surface area contributed by atoms with Gasteiger partial charge in [-0.3, -0.25) is 4.79 Å². The van der Waals surface area contributed by atoms with Crippen LogP contribution >= 0.6 is 11.6 Å². The summed E-state index contributed by atoms with van der Waals surface area (Å²) < 4.78 is 7.31.